The molecule has 1 saturated carbocycles. The van der Waals surface area contributed by atoms with Crippen LogP contribution in [-0.2, 0) is 15.6 Å². The van der Waals surface area contributed by atoms with Gasteiger partial charge in [-0.1, -0.05) is 6.07 Å². The third kappa shape index (κ3) is 3.25. The first-order valence-electron chi connectivity index (χ1n) is 6.38. The van der Waals surface area contributed by atoms with Gasteiger partial charge >= 0.3 is 5.97 Å². The Kier molecular flexibility index (Phi) is 4.23. The van der Waals surface area contributed by atoms with Gasteiger partial charge in [-0.3, -0.25) is 9.00 Å². The first-order valence-corrected chi connectivity index (χ1v) is 7.70. The summed E-state index contributed by atoms with van der Waals surface area (Å²) >= 11 is 0. The summed E-state index contributed by atoms with van der Waals surface area (Å²) in [7, 11) is 0.205. The van der Waals surface area contributed by atoms with Crippen LogP contribution >= 0.6 is 0 Å². The maximum Gasteiger partial charge on any atom is 0.335 e. The van der Waals surface area contributed by atoms with E-state index in [9.17, 15) is 13.8 Å². The molecule has 0 radical (unpaired) electrons. The molecule has 1 aliphatic rings. The Balaban J connectivity index is 2.10. The predicted octanol–water partition coefficient (Wildman–Crippen LogP) is 1.42. The van der Waals surface area contributed by atoms with E-state index in [0.29, 0.717) is 10.5 Å². The van der Waals surface area contributed by atoms with Gasteiger partial charge in [0.25, 0.3) is 0 Å². The van der Waals surface area contributed by atoms with Crippen LogP contribution in [0, 0.1) is 6.92 Å². The highest BCUT2D eigenvalue weighted by Gasteiger charge is 2.30. The highest BCUT2D eigenvalue weighted by Crippen LogP contribution is 2.25. The summed E-state index contributed by atoms with van der Waals surface area (Å²) in [6, 6.07) is 4.90. The van der Waals surface area contributed by atoms with Crippen molar-refractivity contribution in [3.8, 4) is 0 Å². The fourth-order valence-electron chi connectivity index (χ4n) is 1.94. The van der Waals surface area contributed by atoms with E-state index in [-0.39, 0.29) is 23.3 Å². The van der Waals surface area contributed by atoms with Crippen molar-refractivity contribution in [2.24, 2.45) is 0 Å². The molecule has 0 spiro atoms. The molecule has 5 nitrogen and oxygen atoms in total. The van der Waals surface area contributed by atoms with Crippen LogP contribution in [0.15, 0.2) is 23.1 Å². The molecule has 1 atom stereocenters. The van der Waals surface area contributed by atoms with Gasteiger partial charge < -0.3 is 10.0 Å². The lowest BCUT2D eigenvalue weighted by molar-refractivity contribution is -0.127. The Morgan fingerprint density at radius 3 is 2.60 bits per heavy atom. The van der Waals surface area contributed by atoms with Gasteiger partial charge in [0, 0.05) is 18.0 Å². The molecule has 2 rings (SSSR count). The normalized spacial score (nSPS) is 15.7. The van der Waals surface area contributed by atoms with Gasteiger partial charge in [0.2, 0.25) is 5.91 Å². The monoisotopic (exact) mass is 295 g/mol. The van der Waals surface area contributed by atoms with Crippen molar-refractivity contribution in [3.05, 3.63) is 29.3 Å². The third-order valence-corrected chi connectivity index (χ3v) is 4.73. The molecule has 1 amide bonds. The molecule has 1 aliphatic carbocycles. The second-order valence-electron chi connectivity index (χ2n) is 5.01. The van der Waals surface area contributed by atoms with E-state index in [2.05, 4.69) is 0 Å². The zero-order chi connectivity index (χ0) is 14.9. The van der Waals surface area contributed by atoms with Gasteiger partial charge in [-0.2, -0.15) is 0 Å². The lowest BCUT2D eigenvalue weighted by Gasteiger charge is -2.15. The van der Waals surface area contributed by atoms with Crippen molar-refractivity contribution in [1.29, 1.82) is 0 Å². The van der Waals surface area contributed by atoms with Crippen molar-refractivity contribution < 1.29 is 18.9 Å². The van der Waals surface area contributed by atoms with Crippen LogP contribution in [0.4, 0.5) is 0 Å². The van der Waals surface area contributed by atoms with Gasteiger partial charge in [0.05, 0.1) is 16.4 Å². The number of nitrogens with zero attached hydrogens (tertiary/aromatic N) is 1. The summed E-state index contributed by atoms with van der Waals surface area (Å²) in [4.78, 5) is 25.0. The maximum absolute atomic E-state index is 12.2. The number of carboxylic acid groups (broad SMARTS) is 1. The first-order chi connectivity index (χ1) is 9.40. The van der Waals surface area contributed by atoms with E-state index >= 15 is 0 Å². The van der Waals surface area contributed by atoms with E-state index in [0.717, 1.165) is 12.8 Å². The van der Waals surface area contributed by atoms with Crippen molar-refractivity contribution in [2.75, 3.05) is 12.8 Å². The van der Waals surface area contributed by atoms with Crippen LogP contribution in [0.5, 0.6) is 0 Å². The van der Waals surface area contributed by atoms with E-state index in [4.69, 9.17) is 5.11 Å². The zero-order valence-corrected chi connectivity index (χ0v) is 12.3. The number of hydrogen-bond donors (Lipinski definition) is 1. The highest BCUT2D eigenvalue weighted by atomic mass is 32.2. The smallest absolute Gasteiger partial charge is 0.335 e. The Bertz CT molecular complexity index is 581. The average Bonchev–Trinajstić information content (AvgIpc) is 3.22. The number of hydrogen-bond acceptors (Lipinski definition) is 3. The minimum Gasteiger partial charge on any atom is -0.478 e. The molecule has 1 unspecified atom stereocenters. The lowest BCUT2D eigenvalue weighted by atomic mass is 10.1. The molecule has 0 bridgehead atoms. The van der Waals surface area contributed by atoms with E-state index in [1.54, 1.807) is 31.0 Å². The van der Waals surface area contributed by atoms with Gasteiger partial charge in [-0.25, -0.2) is 4.79 Å². The topological polar surface area (TPSA) is 74.7 Å². The second kappa shape index (κ2) is 5.75. The number of carbonyl (C=O) groups is 2. The van der Waals surface area contributed by atoms with Crippen molar-refractivity contribution in [3.63, 3.8) is 0 Å². The standard InChI is InChI=1S/C14H17NO4S/c1-9-3-6-11(7-12(9)14(17)18)20(19)8-13(16)15(2)10-4-5-10/h3,6-7,10H,4-5,8H2,1-2H3,(H,17,18). The maximum atomic E-state index is 12.2. The molecule has 0 aromatic heterocycles. The fraction of sp³-hybridized carbons (Fsp3) is 0.429. The van der Waals surface area contributed by atoms with E-state index < -0.39 is 16.8 Å². The number of aryl methyl sites for hydroxylation is 1. The van der Waals surface area contributed by atoms with Crippen LogP contribution in [0.3, 0.4) is 0 Å². The van der Waals surface area contributed by atoms with Crippen molar-refractivity contribution in [2.45, 2.75) is 30.7 Å². The molecule has 108 valence electrons. The Labute approximate surface area is 120 Å². The Morgan fingerprint density at radius 1 is 1.40 bits per heavy atom. The summed E-state index contributed by atoms with van der Waals surface area (Å²) < 4.78 is 12.2. The van der Waals surface area contributed by atoms with Crippen molar-refractivity contribution >= 4 is 22.7 Å². The van der Waals surface area contributed by atoms with Gasteiger partial charge in [-0.05, 0) is 37.5 Å². The molecule has 1 aromatic carbocycles. The zero-order valence-electron chi connectivity index (χ0n) is 11.5. The molecular formula is C14H17NO4S. The first kappa shape index (κ1) is 14.7. The van der Waals surface area contributed by atoms with Crippen LogP contribution in [0.2, 0.25) is 0 Å². The highest BCUT2D eigenvalue weighted by molar-refractivity contribution is 7.85. The van der Waals surface area contributed by atoms with Gasteiger partial charge in [0.1, 0.15) is 5.75 Å². The van der Waals surface area contributed by atoms with Crippen LogP contribution in [0.25, 0.3) is 0 Å². The summed E-state index contributed by atoms with van der Waals surface area (Å²) in [6.45, 7) is 1.68. The van der Waals surface area contributed by atoms with Gasteiger partial charge in [-0.15, -0.1) is 0 Å². The Hall–Kier alpha value is -1.69. The molecule has 0 aliphatic heterocycles. The Morgan fingerprint density at radius 2 is 2.05 bits per heavy atom. The number of carbonyl (C=O) groups excluding carboxylic acids is 1. The lowest BCUT2D eigenvalue weighted by Crippen LogP contribution is -2.32. The summed E-state index contributed by atoms with van der Waals surface area (Å²) in [5.41, 5.74) is 0.735. The molecule has 1 N–H and O–H groups in total. The molecule has 0 saturated heterocycles. The molecular weight excluding hydrogens is 278 g/mol. The molecule has 6 heteroatoms. The van der Waals surface area contributed by atoms with Crippen LogP contribution in [-0.4, -0.2) is 44.9 Å². The number of rotatable bonds is 5. The SMILES string of the molecule is Cc1ccc(S(=O)CC(=O)N(C)C2CC2)cc1C(=O)O. The largest absolute Gasteiger partial charge is 0.478 e. The predicted molar refractivity (Wildman–Crippen MR) is 75.2 cm³/mol. The second-order valence-corrected chi connectivity index (χ2v) is 6.46. The molecule has 1 fully saturated rings. The van der Waals surface area contributed by atoms with Crippen LogP contribution in [0.1, 0.15) is 28.8 Å². The molecule has 1 aromatic rings. The number of carboxylic acids is 1. The van der Waals surface area contributed by atoms with Crippen molar-refractivity contribution in [1.82, 2.24) is 4.90 Å². The number of benzene rings is 1. The summed E-state index contributed by atoms with van der Waals surface area (Å²) in [5, 5.41) is 9.05. The summed E-state index contributed by atoms with van der Waals surface area (Å²) in [6.07, 6.45) is 2.01. The van der Waals surface area contributed by atoms with E-state index in [1.807, 2.05) is 0 Å². The van der Waals surface area contributed by atoms with Gasteiger partial charge in [0.15, 0.2) is 0 Å². The minimum absolute atomic E-state index is 0.102. The minimum atomic E-state index is -1.51. The number of amides is 1. The quantitative estimate of drug-likeness (QED) is 0.891. The molecule has 0 heterocycles. The van der Waals surface area contributed by atoms with Crippen LogP contribution < -0.4 is 0 Å². The number of aromatic carboxylic acids is 1. The van der Waals surface area contributed by atoms with E-state index in [1.165, 1.54) is 6.07 Å². The third-order valence-electron chi connectivity index (χ3n) is 3.44. The molecule has 20 heavy (non-hydrogen) atoms. The summed E-state index contributed by atoms with van der Waals surface area (Å²) in [5.74, 6) is -1.32. The fourth-order valence-corrected chi connectivity index (χ4v) is 3.00. The average molecular weight is 295 g/mol.